The van der Waals surface area contributed by atoms with E-state index in [1.54, 1.807) is 6.92 Å². The second-order valence-electron chi connectivity index (χ2n) is 8.08. The van der Waals surface area contributed by atoms with Gasteiger partial charge in [0.15, 0.2) is 0 Å². The van der Waals surface area contributed by atoms with Crippen molar-refractivity contribution in [3.8, 4) is 5.75 Å². The van der Waals surface area contributed by atoms with E-state index in [1.165, 1.54) is 31.2 Å². The molecule has 1 saturated carbocycles. The van der Waals surface area contributed by atoms with Gasteiger partial charge >= 0.3 is 0 Å². The molecular weight excluding hydrogens is 312 g/mol. The third-order valence-electron chi connectivity index (χ3n) is 5.62. The summed E-state index contributed by atoms with van der Waals surface area (Å²) < 4.78 is 6.05. The van der Waals surface area contributed by atoms with Crippen molar-refractivity contribution >= 4 is 5.91 Å². The Labute approximate surface area is 151 Å². The fourth-order valence-electron chi connectivity index (χ4n) is 4.26. The molecule has 4 heteroatoms. The van der Waals surface area contributed by atoms with E-state index >= 15 is 0 Å². The van der Waals surface area contributed by atoms with Crippen molar-refractivity contribution in [3.63, 3.8) is 0 Å². The Bertz CT molecular complexity index is 564. The lowest BCUT2D eigenvalue weighted by Crippen LogP contribution is -2.40. The van der Waals surface area contributed by atoms with Crippen molar-refractivity contribution in [1.82, 2.24) is 10.2 Å². The zero-order chi connectivity index (χ0) is 17.8. The van der Waals surface area contributed by atoms with Gasteiger partial charge in [0.05, 0.1) is 6.10 Å². The van der Waals surface area contributed by atoms with Crippen molar-refractivity contribution in [2.24, 2.45) is 11.8 Å². The number of rotatable bonds is 6. The molecule has 0 spiro atoms. The highest BCUT2D eigenvalue weighted by Gasteiger charge is 2.34. The molecule has 2 aliphatic rings. The van der Waals surface area contributed by atoms with E-state index in [2.05, 4.69) is 48.3 Å². The second-order valence-corrected chi connectivity index (χ2v) is 8.08. The summed E-state index contributed by atoms with van der Waals surface area (Å²) in [6.45, 7) is 9.02. The Morgan fingerprint density at radius 3 is 2.48 bits per heavy atom. The summed E-state index contributed by atoms with van der Waals surface area (Å²) in [7, 11) is 0. The number of carbonyl (C=O) groups excluding carboxylic acids is 1. The van der Waals surface area contributed by atoms with Gasteiger partial charge in [-0.05, 0) is 55.2 Å². The van der Waals surface area contributed by atoms with Gasteiger partial charge in [0, 0.05) is 32.6 Å². The summed E-state index contributed by atoms with van der Waals surface area (Å²) in [5, 5.41) is 3.14. The van der Waals surface area contributed by atoms with E-state index in [9.17, 15) is 4.79 Å². The monoisotopic (exact) mass is 344 g/mol. The van der Waals surface area contributed by atoms with Gasteiger partial charge in [-0.25, -0.2) is 0 Å². The molecule has 1 N–H and O–H groups in total. The SMILES string of the molecule is CC(=O)N[C@@H]1CN(Cc2ccc(OC3CCCC3)cc2)C[C@H]1C(C)C. The fraction of sp³-hybridized carbons (Fsp3) is 0.667. The van der Waals surface area contributed by atoms with Gasteiger partial charge in [-0.3, -0.25) is 9.69 Å². The van der Waals surface area contributed by atoms with E-state index < -0.39 is 0 Å². The van der Waals surface area contributed by atoms with Gasteiger partial charge in [0.25, 0.3) is 0 Å². The first-order chi connectivity index (χ1) is 12.0. The van der Waals surface area contributed by atoms with E-state index in [0.717, 1.165) is 25.4 Å². The van der Waals surface area contributed by atoms with Crippen molar-refractivity contribution in [2.45, 2.75) is 65.1 Å². The topological polar surface area (TPSA) is 41.6 Å². The standard InChI is InChI=1S/C21H32N2O2/c1-15(2)20-13-23(14-21(20)22-16(3)24)12-17-8-10-19(11-9-17)25-18-6-4-5-7-18/h8-11,15,18,20-21H,4-7,12-14H2,1-3H3,(H,22,24)/t20-,21+/m0/s1. The minimum atomic E-state index is 0.0749. The lowest BCUT2D eigenvalue weighted by molar-refractivity contribution is -0.119. The number of hydrogen-bond acceptors (Lipinski definition) is 3. The van der Waals surface area contributed by atoms with Crippen LogP contribution in [0.1, 0.15) is 52.0 Å². The number of nitrogens with one attached hydrogen (secondary N) is 1. The average Bonchev–Trinajstić information content (AvgIpc) is 3.19. The molecule has 1 aliphatic carbocycles. The first kappa shape index (κ1) is 18.2. The van der Waals surface area contributed by atoms with Gasteiger partial charge in [-0.15, -0.1) is 0 Å². The summed E-state index contributed by atoms with van der Waals surface area (Å²) in [6.07, 6.45) is 5.39. The summed E-state index contributed by atoms with van der Waals surface area (Å²) in [5.74, 6) is 2.16. The molecular formula is C21H32N2O2. The molecule has 3 rings (SSSR count). The van der Waals surface area contributed by atoms with Crippen LogP contribution in [0, 0.1) is 11.8 Å². The number of ether oxygens (including phenoxy) is 1. The number of benzene rings is 1. The largest absolute Gasteiger partial charge is 0.490 e. The Balaban J connectivity index is 1.55. The zero-order valence-corrected chi connectivity index (χ0v) is 15.8. The highest BCUT2D eigenvalue weighted by atomic mass is 16.5. The van der Waals surface area contributed by atoms with Gasteiger partial charge < -0.3 is 10.1 Å². The second kappa shape index (κ2) is 8.22. The number of carbonyl (C=O) groups is 1. The molecule has 0 unspecified atom stereocenters. The molecule has 1 heterocycles. The normalized spacial score (nSPS) is 24.8. The Morgan fingerprint density at radius 2 is 1.88 bits per heavy atom. The number of nitrogens with zero attached hydrogens (tertiary/aromatic N) is 1. The van der Waals surface area contributed by atoms with Crippen molar-refractivity contribution in [1.29, 1.82) is 0 Å². The van der Waals surface area contributed by atoms with Crippen molar-refractivity contribution in [3.05, 3.63) is 29.8 Å². The quantitative estimate of drug-likeness (QED) is 0.857. The maximum Gasteiger partial charge on any atom is 0.217 e. The molecule has 0 radical (unpaired) electrons. The fourth-order valence-corrected chi connectivity index (χ4v) is 4.26. The molecule has 1 saturated heterocycles. The third-order valence-corrected chi connectivity index (χ3v) is 5.62. The summed E-state index contributed by atoms with van der Waals surface area (Å²) in [4.78, 5) is 13.9. The Hall–Kier alpha value is -1.55. The maximum atomic E-state index is 11.5. The van der Waals surface area contributed by atoms with Crippen molar-refractivity contribution < 1.29 is 9.53 Å². The van der Waals surface area contributed by atoms with Crippen LogP contribution in [0.5, 0.6) is 5.75 Å². The van der Waals surface area contributed by atoms with E-state index in [0.29, 0.717) is 17.9 Å². The van der Waals surface area contributed by atoms with Gasteiger partial charge in [0.2, 0.25) is 5.91 Å². The van der Waals surface area contributed by atoms with Crippen LogP contribution < -0.4 is 10.1 Å². The van der Waals surface area contributed by atoms with Crippen LogP contribution in [-0.2, 0) is 11.3 Å². The minimum absolute atomic E-state index is 0.0749. The predicted molar refractivity (Wildman–Crippen MR) is 101 cm³/mol. The first-order valence-electron chi connectivity index (χ1n) is 9.76. The molecule has 138 valence electrons. The Kier molecular flexibility index (Phi) is 6.00. The lowest BCUT2D eigenvalue weighted by atomic mass is 9.91. The van der Waals surface area contributed by atoms with Crippen LogP contribution in [0.25, 0.3) is 0 Å². The number of likely N-dealkylation sites (tertiary alicyclic amines) is 1. The van der Waals surface area contributed by atoms with Crippen LogP contribution in [0.4, 0.5) is 0 Å². The molecule has 0 aromatic heterocycles. The van der Waals surface area contributed by atoms with Crippen molar-refractivity contribution in [2.75, 3.05) is 13.1 Å². The molecule has 1 amide bonds. The molecule has 4 nitrogen and oxygen atoms in total. The predicted octanol–water partition coefficient (Wildman–Crippen LogP) is 3.60. The van der Waals surface area contributed by atoms with E-state index in [1.807, 2.05) is 0 Å². The van der Waals surface area contributed by atoms with Crippen LogP contribution in [0.2, 0.25) is 0 Å². The molecule has 2 fully saturated rings. The third kappa shape index (κ3) is 4.97. The summed E-state index contributed by atoms with van der Waals surface area (Å²) in [5.41, 5.74) is 1.31. The van der Waals surface area contributed by atoms with Gasteiger partial charge in [0.1, 0.15) is 5.75 Å². The minimum Gasteiger partial charge on any atom is -0.490 e. The summed E-state index contributed by atoms with van der Waals surface area (Å²) in [6, 6.07) is 8.84. The highest BCUT2D eigenvalue weighted by molar-refractivity contribution is 5.73. The van der Waals surface area contributed by atoms with Gasteiger partial charge in [-0.1, -0.05) is 26.0 Å². The van der Waals surface area contributed by atoms with Crippen LogP contribution in [0.3, 0.4) is 0 Å². The lowest BCUT2D eigenvalue weighted by Gasteiger charge is -2.22. The molecule has 1 aromatic carbocycles. The summed E-state index contributed by atoms with van der Waals surface area (Å²) >= 11 is 0. The first-order valence-corrected chi connectivity index (χ1v) is 9.76. The van der Waals surface area contributed by atoms with Crippen LogP contribution in [-0.4, -0.2) is 36.0 Å². The number of amides is 1. The van der Waals surface area contributed by atoms with Gasteiger partial charge in [-0.2, -0.15) is 0 Å². The molecule has 1 aliphatic heterocycles. The molecule has 1 aromatic rings. The average molecular weight is 344 g/mol. The Morgan fingerprint density at radius 1 is 1.20 bits per heavy atom. The molecule has 0 bridgehead atoms. The molecule has 25 heavy (non-hydrogen) atoms. The highest BCUT2D eigenvalue weighted by Crippen LogP contribution is 2.27. The van der Waals surface area contributed by atoms with E-state index in [4.69, 9.17) is 4.74 Å². The molecule has 2 atom stereocenters. The zero-order valence-electron chi connectivity index (χ0n) is 15.8. The number of hydrogen-bond donors (Lipinski definition) is 1. The maximum absolute atomic E-state index is 11.5. The van der Waals surface area contributed by atoms with Crippen LogP contribution in [0.15, 0.2) is 24.3 Å². The van der Waals surface area contributed by atoms with Crippen LogP contribution >= 0.6 is 0 Å². The van der Waals surface area contributed by atoms with E-state index in [-0.39, 0.29) is 11.9 Å². The smallest absolute Gasteiger partial charge is 0.217 e.